The summed E-state index contributed by atoms with van der Waals surface area (Å²) in [6.45, 7) is 6.32. The minimum Gasteiger partial charge on any atom is -0.294 e. The first-order chi connectivity index (χ1) is 14.0. The highest BCUT2D eigenvalue weighted by Crippen LogP contribution is 2.25. The Morgan fingerprint density at radius 2 is 2.03 bits per heavy atom. The highest BCUT2D eigenvalue weighted by atomic mass is 32.2. The molecule has 0 bridgehead atoms. The molecule has 0 atom stereocenters. The summed E-state index contributed by atoms with van der Waals surface area (Å²) in [5.41, 5.74) is 3.10. The Hall–Kier alpha value is -2.71. The minimum atomic E-state index is -0.0741. The van der Waals surface area contributed by atoms with Crippen molar-refractivity contribution in [1.82, 2.24) is 19.1 Å². The molecule has 4 rings (SSSR count). The molecule has 0 saturated carbocycles. The number of fused-ring (bicyclic) bond motifs is 1. The van der Waals surface area contributed by atoms with E-state index in [-0.39, 0.29) is 17.1 Å². The third-order valence-electron chi connectivity index (χ3n) is 4.82. The second-order valence-electron chi connectivity index (χ2n) is 6.61. The van der Waals surface area contributed by atoms with Gasteiger partial charge in [0.05, 0.1) is 16.7 Å². The highest BCUT2D eigenvalue weighted by Gasteiger charge is 2.19. The summed E-state index contributed by atoms with van der Waals surface area (Å²) in [5.74, 6) is 0.225. The molecule has 0 spiro atoms. The second-order valence-corrected chi connectivity index (χ2v) is 8.42. The number of aryl methyl sites for hydroxylation is 1. The molecule has 0 aliphatic carbocycles. The summed E-state index contributed by atoms with van der Waals surface area (Å²) in [6.07, 6.45) is 1.76. The van der Waals surface area contributed by atoms with E-state index in [9.17, 15) is 9.59 Å². The van der Waals surface area contributed by atoms with Gasteiger partial charge in [-0.25, -0.2) is 9.97 Å². The molecule has 1 aromatic carbocycles. The van der Waals surface area contributed by atoms with Gasteiger partial charge in [-0.2, -0.15) is 0 Å². The molecule has 0 fully saturated rings. The summed E-state index contributed by atoms with van der Waals surface area (Å²) in [7, 11) is 0. The van der Waals surface area contributed by atoms with Crippen molar-refractivity contribution in [2.45, 2.75) is 32.5 Å². The van der Waals surface area contributed by atoms with Crippen LogP contribution in [0, 0.1) is 13.8 Å². The van der Waals surface area contributed by atoms with Crippen LogP contribution >= 0.6 is 23.1 Å². The van der Waals surface area contributed by atoms with E-state index in [1.54, 1.807) is 16.8 Å². The normalized spacial score (nSPS) is 11.3. The van der Waals surface area contributed by atoms with Crippen LogP contribution in [0.4, 0.5) is 0 Å². The molecule has 3 heterocycles. The van der Waals surface area contributed by atoms with E-state index >= 15 is 0 Å². The molecule has 6 nitrogen and oxygen atoms in total. The maximum atomic E-state index is 13.0. The van der Waals surface area contributed by atoms with Crippen LogP contribution in [0.25, 0.3) is 16.0 Å². The van der Waals surface area contributed by atoms with Gasteiger partial charge in [-0.1, -0.05) is 23.9 Å². The van der Waals surface area contributed by atoms with Crippen molar-refractivity contribution in [2.24, 2.45) is 0 Å². The van der Waals surface area contributed by atoms with E-state index in [4.69, 9.17) is 0 Å². The molecule has 3 aromatic heterocycles. The Morgan fingerprint density at radius 3 is 2.76 bits per heavy atom. The number of Topliss-reactive ketones (excluding diaryl/α,β-unsaturated/α-hetero) is 1. The van der Waals surface area contributed by atoms with Crippen LogP contribution < -0.4 is 5.56 Å². The van der Waals surface area contributed by atoms with Crippen molar-refractivity contribution in [1.29, 1.82) is 0 Å². The Morgan fingerprint density at radius 1 is 1.24 bits per heavy atom. The molecule has 0 aliphatic rings. The highest BCUT2D eigenvalue weighted by molar-refractivity contribution is 7.99. The number of hydrogen-bond donors (Lipinski definition) is 0. The molecular formula is C21H20N4O2S2. The minimum absolute atomic E-state index is 0.0102. The van der Waals surface area contributed by atoms with Crippen molar-refractivity contribution >= 4 is 39.8 Å². The van der Waals surface area contributed by atoms with Gasteiger partial charge in [0, 0.05) is 35.1 Å². The maximum Gasteiger partial charge on any atom is 0.262 e. The number of aromatic nitrogens is 4. The molecule has 0 unspecified atom stereocenters. The van der Waals surface area contributed by atoms with Gasteiger partial charge in [0.15, 0.2) is 16.1 Å². The van der Waals surface area contributed by atoms with Crippen LogP contribution in [0.3, 0.4) is 0 Å². The predicted molar refractivity (Wildman–Crippen MR) is 118 cm³/mol. The first-order valence-corrected chi connectivity index (χ1v) is 11.1. The summed E-state index contributed by atoms with van der Waals surface area (Å²) in [6, 6.07) is 9.20. The molecule has 0 aliphatic heterocycles. The number of para-hydroxylation sites is 1. The number of thioether (sulfide) groups is 1. The van der Waals surface area contributed by atoms with E-state index in [0.29, 0.717) is 28.2 Å². The number of thiazole rings is 1. The molecule has 0 amide bonds. The molecule has 8 heteroatoms. The fourth-order valence-corrected chi connectivity index (χ4v) is 5.11. The molecule has 0 radical (unpaired) electrons. The Kier molecular flexibility index (Phi) is 5.38. The summed E-state index contributed by atoms with van der Waals surface area (Å²) in [5, 5.41) is 3.93. The Labute approximate surface area is 176 Å². The Bertz CT molecular complexity index is 1260. The topological polar surface area (TPSA) is 69.8 Å². The average Bonchev–Trinajstić information content (AvgIpc) is 3.34. The zero-order chi connectivity index (χ0) is 20.5. The number of hydrogen-bond acceptors (Lipinski definition) is 6. The molecule has 148 valence electrons. The number of benzene rings is 1. The zero-order valence-corrected chi connectivity index (χ0v) is 18.0. The van der Waals surface area contributed by atoms with Crippen molar-refractivity contribution in [3.8, 4) is 5.13 Å². The third-order valence-corrected chi connectivity index (χ3v) is 6.55. The number of ketones is 1. The largest absolute Gasteiger partial charge is 0.294 e. The van der Waals surface area contributed by atoms with Crippen LogP contribution in [0.2, 0.25) is 0 Å². The lowest BCUT2D eigenvalue weighted by Gasteiger charge is -2.11. The van der Waals surface area contributed by atoms with E-state index in [0.717, 1.165) is 16.5 Å². The predicted octanol–water partition coefficient (Wildman–Crippen LogP) is 4.26. The van der Waals surface area contributed by atoms with E-state index in [2.05, 4.69) is 9.97 Å². The maximum absolute atomic E-state index is 13.0. The lowest BCUT2D eigenvalue weighted by molar-refractivity contribution is 0.102. The monoisotopic (exact) mass is 424 g/mol. The van der Waals surface area contributed by atoms with Crippen LogP contribution in [0.15, 0.2) is 51.9 Å². The molecular weight excluding hydrogens is 404 g/mol. The first kappa shape index (κ1) is 19.6. The second kappa shape index (κ2) is 7.96. The number of nitrogens with zero attached hydrogens (tertiary/aromatic N) is 4. The number of carbonyl (C=O) groups is 1. The lowest BCUT2D eigenvalue weighted by atomic mass is 10.2. The smallest absolute Gasteiger partial charge is 0.262 e. The van der Waals surface area contributed by atoms with Crippen molar-refractivity contribution in [3.63, 3.8) is 0 Å². The quantitative estimate of drug-likeness (QED) is 0.263. The summed E-state index contributed by atoms with van der Waals surface area (Å²) >= 11 is 2.84. The van der Waals surface area contributed by atoms with Gasteiger partial charge < -0.3 is 0 Å². The molecule has 29 heavy (non-hydrogen) atoms. The average molecular weight is 425 g/mol. The van der Waals surface area contributed by atoms with Gasteiger partial charge >= 0.3 is 0 Å². The standard InChI is InChI=1S/C21H20N4O2S2/c1-4-24-19(27)15-7-5-6-8-17(15)23-21(24)29-12-18(26)16-11-13(2)25(14(16)3)20-22-9-10-28-20/h5-11H,4,12H2,1-3H3. The van der Waals surface area contributed by atoms with Gasteiger partial charge in [-0.05, 0) is 39.0 Å². The van der Waals surface area contributed by atoms with Crippen molar-refractivity contribution < 1.29 is 4.79 Å². The van der Waals surface area contributed by atoms with E-state index < -0.39 is 0 Å². The first-order valence-electron chi connectivity index (χ1n) is 9.25. The zero-order valence-electron chi connectivity index (χ0n) is 16.4. The molecule has 0 N–H and O–H groups in total. The number of carbonyl (C=O) groups excluding carboxylic acids is 1. The molecule has 0 saturated heterocycles. The Balaban J connectivity index is 1.63. The van der Waals surface area contributed by atoms with Crippen LogP contribution in [0.5, 0.6) is 0 Å². The summed E-state index contributed by atoms with van der Waals surface area (Å²) < 4.78 is 3.62. The van der Waals surface area contributed by atoms with Gasteiger partial charge in [0.25, 0.3) is 5.56 Å². The van der Waals surface area contributed by atoms with E-state index in [1.807, 2.05) is 55.0 Å². The van der Waals surface area contributed by atoms with Crippen molar-refractivity contribution in [2.75, 3.05) is 5.75 Å². The van der Waals surface area contributed by atoms with Gasteiger partial charge in [-0.3, -0.25) is 18.7 Å². The lowest BCUT2D eigenvalue weighted by Crippen LogP contribution is -2.22. The molecule has 4 aromatic rings. The third kappa shape index (κ3) is 3.54. The van der Waals surface area contributed by atoms with Gasteiger partial charge in [-0.15, -0.1) is 11.3 Å². The number of rotatable bonds is 6. The SMILES string of the molecule is CCn1c(SCC(=O)c2cc(C)n(-c3nccs3)c2C)nc2ccccc2c1=O. The summed E-state index contributed by atoms with van der Waals surface area (Å²) in [4.78, 5) is 34.7. The van der Waals surface area contributed by atoms with E-state index in [1.165, 1.54) is 23.1 Å². The fraction of sp³-hybridized carbons (Fsp3) is 0.238. The van der Waals surface area contributed by atoms with Gasteiger partial charge in [0.2, 0.25) is 0 Å². The van der Waals surface area contributed by atoms with Crippen LogP contribution in [0.1, 0.15) is 28.7 Å². The van der Waals surface area contributed by atoms with Gasteiger partial charge in [0.1, 0.15) is 0 Å². The van der Waals surface area contributed by atoms with Crippen molar-refractivity contribution in [3.05, 3.63) is 69.2 Å². The van der Waals surface area contributed by atoms with Crippen LogP contribution in [-0.2, 0) is 6.54 Å². The van der Waals surface area contributed by atoms with Crippen LogP contribution in [-0.4, -0.2) is 30.6 Å². The fourth-order valence-electron chi connectivity index (χ4n) is 3.41.